The highest BCUT2D eigenvalue weighted by molar-refractivity contribution is 14.1. The smallest absolute Gasteiger partial charge is 0.316 e. The first-order chi connectivity index (χ1) is 12.1. The van der Waals surface area contributed by atoms with Crippen LogP contribution < -0.4 is 4.74 Å². The van der Waals surface area contributed by atoms with Gasteiger partial charge in [-0.2, -0.15) is 0 Å². The number of para-hydroxylation sites is 1. The number of rotatable bonds is 3. The highest BCUT2D eigenvalue weighted by Crippen LogP contribution is 2.46. The summed E-state index contributed by atoms with van der Waals surface area (Å²) in [5.41, 5.74) is 1.26. The molecular formula is C21H22INO2. The second-order valence-electron chi connectivity index (χ2n) is 7.12. The summed E-state index contributed by atoms with van der Waals surface area (Å²) in [7, 11) is 2.16. The summed E-state index contributed by atoms with van der Waals surface area (Å²) in [6, 6.07) is 18.9. The number of hydrogen-bond donors (Lipinski definition) is 0. The first-order valence-corrected chi connectivity index (χ1v) is 9.95. The van der Waals surface area contributed by atoms with Crippen LogP contribution in [0.15, 0.2) is 54.6 Å². The molecule has 2 bridgehead atoms. The van der Waals surface area contributed by atoms with Gasteiger partial charge >= 0.3 is 5.97 Å². The van der Waals surface area contributed by atoms with Crippen molar-refractivity contribution in [3.8, 4) is 5.75 Å². The number of nitrogens with zero attached hydrogens (tertiary/aromatic N) is 1. The minimum atomic E-state index is -0.107. The van der Waals surface area contributed by atoms with Crippen molar-refractivity contribution in [3.05, 3.63) is 63.7 Å². The zero-order valence-corrected chi connectivity index (χ0v) is 16.4. The number of fused-ring (bicyclic) bond motifs is 2. The van der Waals surface area contributed by atoms with E-state index >= 15 is 0 Å². The molecule has 2 aliphatic rings. The van der Waals surface area contributed by atoms with Gasteiger partial charge in [-0.3, -0.25) is 9.69 Å². The third-order valence-electron chi connectivity index (χ3n) is 5.80. The minimum Gasteiger partial charge on any atom is -0.426 e. The maximum atomic E-state index is 13.1. The fraction of sp³-hybridized carbons (Fsp3) is 0.381. The first kappa shape index (κ1) is 17.0. The lowest BCUT2D eigenvalue weighted by Crippen LogP contribution is -2.49. The third-order valence-corrected chi connectivity index (χ3v) is 6.52. The van der Waals surface area contributed by atoms with Gasteiger partial charge in [0.25, 0.3) is 0 Å². The number of esters is 1. The molecule has 0 aromatic heterocycles. The molecule has 4 rings (SSSR count). The van der Waals surface area contributed by atoms with Crippen molar-refractivity contribution >= 4 is 28.6 Å². The van der Waals surface area contributed by atoms with Gasteiger partial charge in [0, 0.05) is 21.6 Å². The topological polar surface area (TPSA) is 29.5 Å². The van der Waals surface area contributed by atoms with E-state index in [1.165, 1.54) is 15.6 Å². The SMILES string of the molecule is CN1C2CC[C@@H]1C(C(=O)Oc1ccccc1)C(c1ccc(I)cc1)C2. The fourth-order valence-corrected chi connectivity index (χ4v) is 4.87. The molecule has 0 spiro atoms. The molecule has 2 heterocycles. The Morgan fingerprint density at radius 2 is 1.80 bits per heavy atom. The summed E-state index contributed by atoms with van der Waals surface area (Å²) in [6.45, 7) is 0. The van der Waals surface area contributed by atoms with E-state index in [9.17, 15) is 4.79 Å². The highest BCUT2D eigenvalue weighted by Gasteiger charge is 2.49. The van der Waals surface area contributed by atoms with Gasteiger partial charge in [-0.25, -0.2) is 0 Å². The summed E-state index contributed by atoms with van der Waals surface area (Å²) in [4.78, 5) is 15.5. The van der Waals surface area contributed by atoms with E-state index in [0.29, 0.717) is 11.8 Å². The lowest BCUT2D eigenvalue weighted by atomic mass is 9.76. The Morgan fingerprint density at radius 1 is 1.08 bits per heavy atom. The molecule has 3 unspecified atom stereocenters. The summed E-state index contributed by atoms with van der Waals surface area (Å²) < 4.78 is 6.98. The Bertz CT molecular complexity index is 746. The van der Waals surface area contributed by atoms with E-state index in [-0.39, 0.29) is 23.8 Å². The van der Waals surface area contributed by atoms with E-state index in [1.54, 1.807) is 0 Å². The minimum absolute atomic E-state index is 0.0908. The Balaban J connectivity index is 1.64. The number of piperidine rings is 1. The molecule has 0 radical (unpaired) electrons. The lowest BCUT2D eigenvalue weighted by molar-refractivity contribution is -0.143. The van der Waals surface area contributed by atoms with Crippen LogP contribution >= 0.6 is 22.6 Å². The van der Waals surface area contributed by atoms with Crippen LogP contribution in [0.25, 0.3) is 0 Å². The van der Waals surface area contributed by atoms with E-state index < -0.39 is 0 Å². The average Bonchev–Trinajstić information content (AvgIpc) is 2.86. The summed E-state index contributed by atoms with van der Waals surface area (Å²) in [5, 5.41) is 0. The highest BCUT2D eigenvalue weighted by atomic mass is 127. The number of carbonyl (C=O) groups is 1. The third kappa shape index (κ3) is 3.34. The van der Waals surface area contributed by atoms with Crippen molar-refractivity contribution in [1.29, 1.82) is 0 Å². The molecule has 2 saturated heterocycles. The Kier molecular flexibility index (Phi) is 4.82. The number of carbonyl (C=O) groups excluding carboxylic acids is 1. The maximum Gasteiger partial charge on any atom is 0.316 e. The van der Waals surface area contributed by atoms with E-state index in [2.05, 4.69) is 58.8 Å². The average molecular weight is 447 g/mol. The van der Waals surface area contributed by atoms with Crippen molar-refractivity contribution in [2.24, 2.45) is 5.92 Å². The van der Waals surface area contributed by atoms with Gasteiger partial charge in [-0.15, -0.1) is 0 Å². The van der Waals surface area contributed by atoms with E-state index in [4.69, 9.17) is 4.74 Å². The molecule has 0 N–H and O–H groups in total. The predicted molar refractivity (Wildman–Crippen MR) is 107 cm³/mol. The van der Waals surface area contributed by atoms with Crippen LogP contribution in [0.1, 0.15) is 30.7 Å². The standard InChI is InChI=1S/C21H22INO2/c1-23-16-11-12-19(23)20(21(24)25-17-5-3-2-4-6-17)18(13-16)14-7-9-15(22)10-8-14/h2-10,16,18-20H,11-13H2,1H3/t16?,18?,19-,20?/m1/s1. The molecular weight excluding hydrogens is 425 g/mol. The molecule has 3 nitrogen and oxygen atoms in total. The molecule has 0 aliphatic carbocycles. The van der Waals surface area contributed by atoms with Crippen molar-refractivity contribution in [3.63, 3.8) is 0 Å². The van der Waals surface area contributed by atoms with Gasteiger partial charge in [0.15, 0.2) is 0 Å². The summed E-state index contributed by atoms with van der Waals surface area (Å²) in [5.74, 6) is 0.675. The van der Waals surface area contributed by atoms with Crippen molar-refractivity contribution in [1.82, 2.24) is 4.90 Å². The Labute approximate surface area is 162 Å². The quantitative estimate of drug-likeness (QED) is 0.395. The van der Waals surface area contributed by atoms with Gasteiger partial charge in [-0.05, 0) is 78.7 Å². The molecule has 2 aromatic rings. The number of halogens is 1. The van der Waals surface area contributed by atoms with Crippen LogP contribution in [0.3, 0.4) is 0 Å². The van der Waals surface area contributed by atoms with E-state index in [1.807, 2.05) is 30.3 Å². The summed E-state index contributed by atoms with van der Waals surface area (Å²) in [6.07, 6.45) is 3.29. The number of hydrogen-bond acceptors (Lipinski definition) is 3. The predicted octanol–water partition coefficient (Wildman–Crippen LogP) is 4.46. The van der Waals surface area contributed by atoms with Crippen LogP contribution in [0.5, 0.6) is 5.75 Å². The van der Waals surface area contributed by atoms with Crippen LogP contribution in [0.4, 0.5) is 0 Å². The first-order valence-electron chi connectivity index (χ1n) is 8.87. The molecule has 2 aliphatic heterocycles. The summed E-state index contributed by atoms with van der Waals surface area (Å²) >= 11 is 2.32. The zero-order chi connectivity index (χ0) is 17.4. The zero-order valence-electron chi connectivity index (χ0n) is 14.3. The number of benzene rings is 2. The Hall–Kier alpha value is -1.40. The Morgan fingerprint density at radius 3 is 2.52 bits per heavy atom. The molecule has 4 atom stereocenters. The second-order valence-corrected chi connectivity index (χ2v) is 8.36. The van der Waals surface area contributed by atoms with Gasteiger partial charge in [0.2, 0.25) is 0 Å². The van der Waals surface area contributed by atoms with Crippen LogP contribution in [0, 0.1) is 9.49 Å². The monoisotopic (exact) mass is 447 g/mol. The normalized spacial score (nSPS) is 28.7. The van der Waals surface area contributed by atoms with Crippen LogP contribution in [-0.4, -0.2) is 30.0 Å². The van der Waals surface area contributed by atoms with Crippen molar-refractivity contribution in [2.75, 3.05) is 7.05 Å². The van der Waals surface area contributed by atoms with Crippen molar-refractivity contribution < 1.29 is 9.53 Å². The molecule has 25 heavy (non-hydrogen) atoms. The van der Waals surface area contributed by atoms with Crippen LogP contribution in [-0.2, 0) is 4.79 Å². The molecule has 0 saturated carbocycles. The van der Waals surface area contributed by atoms with Crippen LogP contribution in [0.2, 0.25) is 0 Å². The lowest BCUT2D eigenvalue weighted by Gasteiger charge is -2.41. The number of ether oxygens (including phenoxy) is 1. The second kappa shape index (κ2) is 7.08. The molecule has 4 heteroatoms. The molecule has 2 fully saturated rings. The molecule has 130 valence electrons. The largest absolute Gasteiger partial charge is 0.426 e. The van der Waals surface area contributed by atoms with Gasteiger partial charge in [0.05, 0.1) is 5.92 Å². The molecule has 2 aromatic carbocycles. The van der Waals surface area contributed by atoms with Gasteiger partial charge < -0.3 is 4.74 Å². The maximum absolute atomic E-state index is 13.1. The molecule has 0 amide bonds. The van der Waals surface area contributed by atoms with Crippen molar-refractivity contribution in [2.45, 2.75) is 37.3 Å². The van der Waals surface area contributed by atoms with E-state index in [0.717, 1.165) is 12.8 Å². The fourth-order valence-electron chi connectivity index (χ4n) is 4.51. The van der Waals surface area contributed by atoms with Gasteiger partial charge in [0.1, 0.15) is 5.75 Å². The van der Waals surface area contributed by atoms with Gasteiger partial charge in [-0.1, -0.05) is 30.3 Å².